The molecule has 1 aliphatic rings. The lowest BCUT2D eigenvalue weighted by molar-refractivity contribution is 0.481. The highest BCUT2D eigenvalue weighted by molar-refractivity contribution is 5.23. The Balaban J connectivity index is 2.74. The molecule has 0 aromatic heterocycles. The van der Waals surface area contributed by atoms with E-state index < -0.39 is 0 Å². The van der Waals surface area contributed by atoms with Gasteiger partial charge in [0.15, 0.2) is 0 Å². The van der Waals surface area contributed by atoms with Crippen molar-refractivity contribution in [2.24, 2.45) is 10.8 Å². The van der Waals surface area contributed by atoms with E-state index in [9.17, 15) is 0 Å². The van der Waals surface area contributed by atoms with E-state index in [2.05, 4.69) is 34.3 Å². The summed E-state index contributed by atoms with van der Waals surface area (Å²) in [6.45, 7) is 13.0. The van der Waals surface area contributed by atoms with E-state index in [-0.39, 0.29) is 0 Å². The summed E-state index contributed by atoms with van der Waals surface area (Å²) in [5, 5.41) is 0. The van der Waals surface area contributed by atoms with Crippen LogP contribution in [0.2, 0.25) is 0 Å². The van der Waals surface area contributed by atoms with Crippen molar-refractivity contribution in [2.75, 3.05) is 0 Å². The Morgan fingerprint density at radius 1 is 1.33 bits per heavy atom. The van der Waals surface area contributed by atoms with Gasteiger partial charge in [0.2, 0.25) is 0 Å². The van der Waals surface area contributed by atoms with Crippen LogP contribution in [0.1, 0.15) is 34.1 Å². The minimum absolute atomic E-state index is 0.451. The van der Waals surface area contributed by atoms with Crippen LogP contribution in [-0.4, -0.2) is 0 Å². The summed E-state index contributed by atoms with van der Waals surface area (Å²) in [6.07, 6.45) is 1.31. The summed E-state index contributed by atoms with van der Waals surface area (Å²) in [4.78, 5) is 0. The van der Waals surface area contributed by atoms with E-state index in [1.807, 2.05) is 0 Å². The molecule has 0 N–H and O–H groups in total. The Hall–Kier alpha value is -0.260. The third-order valence-corrected chi connectivity index (χ3v) is 3.11. The molecule has 1 saturated carbocycles. The fourth-order valence-corrected chi connectivity index (χ4v) is 1.57. The second-order valence-electron chi connectivity index (χ2n) is 4.17. The molecule has 1 aliphatic carbocycles. The van der Waals surface area contributed by atoms with E-state index in [0.29, 0.717) is 10.8 Å². The maximum atomic E-state index is 3.98. The molecule has 52 valence electrons. The second kappa shape index (κ2) is 1.42. The zero-order valence-corrected chi connectivity index (χ0v) is 6.91. The van der Waals surface area contributed by atoms with Crippen molar-refractivity contribution >= 4 is 0 Å². The van der Waals surface area contributed by atoms with E-state index in [1.165, 1.54) is 12.0 Å². The normalized spacial score (nSPS) is 38.2. The summed E-state index contributed by atoms with van der Waals surface area (Å²) >= 11 is 0. The monoisotopic (exact) mass is 124 g/mol. The molecular formula is C9H16. The Labute approximate surface area is 58.0 Å². The van der Waals surface area contributed by atoms with Crippen molar-refractivity contribution in [1.82, 2.24) is 0 Å². The van der Waals surface area contributed by atoms with Crippen molar-refractivity contribution in [2.45, 2.75) is 34.1 Å². The lowest BCUT2D eigenvalue weighted by atomic mass is 9.92. The first kappa shape index (κ1) is 6.85. The van der Waals surface area contributed by atoms with Gasteiger partial charge in [-0.2, -0.15) is 0 Å². The van der Waals surface area contributed by atoms with Gasteiger partial charge in [-0.15, -0.1) is 0 Å². The van der Waals surface area contributed by atoms with Gasteiger partial charge in [0.1, 0.15) is 0 Å². The standard InChI is InChI=1S/C9H16/c1-7(2)9(5)6-8(9,3)4/h1,6H2,2-5H3. The smallest absolute Gasteiger partial charge is 0.00650 e. The largest absolute Gasteiger partial charge is 0.0996 e. The molecule has 0 aromatic carbocycles. The first-order chi connectivity index (χ1) is 3.90. The summed E-state index contributed by atoms with van der Waals surface area (Å²) in [5.41, 5.74) is 2.32. The molecule has 0 amide bonds. The summed E-state index contributed by atoms with van der Waals surface area (Å²) < 4.78 is 0. The van der Waals surface area contributed by atoms with E-state index in [4.69, 9.17) is 0 Å². The van der Waals surface area contributed by atoms with Crippen LogP contribution < -0.4 is 0 Å². The average molecular weight is 124 g/mol. The molecule has 1 unspecified atom stereocenters. The number of rotatable bonds is 1. The molecule has 1 fully saturated rings. The van der Waals surface area contributed by atoms with Gasteiger partial charge in [-0.05, 0) is 24.2 Å². The van der Waals surface area contributed by atoms with E-state index >= 15 is 0 Å². The molecular weight excluding hydrogens is 108 g/mol. The van der Waals surface area contributed by atoms with Crippen LogP contribution in [0.3, 0.4) is 0 Å². The van der Waals surface area contributed by atoms with Gasteiger partial charge in [-0.25, -0.2) is 0 Å². The van der Waals surface area contributed by atoms with Crippen LogP contribution in [0.5, 0.6) is 0 Å². The fraction of sp³-hybridized carbons (Fsp3) is 0.778. The quantitative estimate of drug-likeness (QED) is 0.471. The highest BCUT2D eigenvalue weighted by Gasteiger charge is 2.57. The summed E-state index contributed by atoms with van der Waals surface area (Å²) in [7, 11) is 0. The fourth-order valence-electron chi connectivity index (χ4n) is 1.57. The molecule has 0 saturated heterocycles. The van der Waals surface area contributed by atoms with Crippen LogP contribution in [0, 0.1) is 10.8 Å². The SMILES string of the molecule is C=C(C)C1(C)CC1(C)C. The van der Waals surface area contributed by atoms with Crippen molar-refractivity contribution in [3.8, 4) is 0 Å². The molecule has 0 nitrogen and oxygen atoms in total. The van der Waals surface area contributed by atoms with Crippen LogP contribution in [0.4, 0.5) is 0 Å². The first-order valence-corrected chi connectivity index (χ1v) is 3.56. The number of hydrogen-bond acceptors (Lipinski definition) is 0. The number of allylic oxidation sites excluding steroid dienone is 1. The van der Waals surface area contributed by atoms with E-state index in [0.717, 1.165) is 0 Å². The zero-order valence-electron chi connectivity index (χ0n) is 6.91. The predicted octanol–water partition coefficient (Wildman–Crippen LogP) is 3.00. The molecule has 0 aromatic rings. The molecule has 1 rings (SSSR count). The lowest BCUT2D eigenvalue weighted by Gasteiger charge is -2.13. The summed E-state index contributed by atoms with van der Waals surface area (Å²) in [6, 6.07) is 0. The minimum atomic E-state index is 0.451. The van der Waals surface area contributed by atoms with Gasteiger partial charge in [-0.3, -0.25) is 0 Å². The van der Waals surface area contributed by atoms with Crippen molar-refractivity contribution in [3.05, 3.63) is 12.2 Å². The van der Waals surface area contributed by atoms with Crippen molar-refractivity contribution in [1.29, 1.82) is 0 Å². The maximum Gasteiger partial charge on any atom is -0.00650 e. The van der Waals surface area contributed by atoms with Gasteiger partial charge in [0, 0.05) is 0 Å². The van der Waals surface area contributed by atoms with Crippen LogP contribution in [0.25, 0.3) is 0 Å². The Morgan fingerprint density at radius 3 is 1.67 bits per heavy atom. The molecule has 1 atom stereocenters. The maximum absolute atomic E-state index is 3.98. The van der Waals surface area contributed by atoms with Gasteiger partial charge in [0.25, 0.3) is 0 Å². The van der Waals surface area contributed by atoms with Gasteiger partial charge >= 0.3 is 0 Å². The molecule has 0 aliphatic heterocycles. The summed E-state index contributed by atoms with van der Waals surface area (Å²) in [5.74, 6) is 0. The third-order valence-electron chi connectivity index (χ3n) is 3.11. The van der Waals surface area contributed by atoms with Crippen LogP contribution in [-0.2, 0) is 0 Å². The predicted molar refractivity (Wildman–Crippen MR) is 41.3 cm³/mol. The molecule has 0 heterocycles. The Kier molecular flexibility index (Phi) is 1.08. The second-order valence-corrected chi connectivity index (χ2v) is 4.17. The molecule has 0 bridgehead atoms. The molecule has 0 spiro atoms. The van der Waals surface area contributed by atoms with Gasteiger partial charge in [-0.1, -0.05) is 32.9 Å². The zero-order chi connectivity index (χ0) is 7.28. The highest BCUT2D eigenvalue weighted by atomic mass is 14.6. The van der Waals surface area contributed by atoms with E-state index in [1.54, 1.807) is 0 Å². The minimum Gasteiger partial charge on any atom is -0.0996 e. The third kappa shape index (κ3) is 0.726. The first-order valence-electron chi connectivity index (χ1n) is 3.56. The molecule has 0 radical (unpaired) electrons. The van der Waals surface area contributed by atoms with Gasteiger partial charge < -0.3 is 0 Å². The average Bonchev–Trinajstić information content (AvgIpc) is 2.08. The van der Waals surface area contributed by atoms with Gasteiger partial charge in [0.05, 0.1) is 0 Å². The molecule has 0 heteroatoms. The highest BCUT2D eigenvalue weighted by Crippen LogP contribution is 2.66. The lowest BCUT2D eigenvalue weighted by Crippen LogP contribution is -2.03. The Bertz CT molecular complexity index is 153. The van der Waals surface area contributed by atoms with Crippen LogP contribution >= 0.6 is 0 Å². The Morgan fingerprint density at radius 2 is 1.67 bits per heavy atom. The number of hydrogen-bond donors (Lipinski definition) is 0. The van der Waals surface area contributed by atoms with Crippen molar-refractivity contribution in [3.63, 3.8) is 0 Å². The van der Waals surface area contributed by atoms with Crippen LogP contribution in [0.15, 0.2) is 12.2 Å². The van der Waals surface area contributed by atoms with Crippen molar-refractivity contribution < 1.29 is 0 Å². The molecule has 9 heavy (non-hydrogen) atoms. The topological polar surface area (TPSA) is 0 Å².